The van der Waals surface area contributed by atoms with Gasteiger partial charge in [-0.15, -0.1) is 0 Å². The average Bonchev–Trinajstić information content (AvgIpc) is 3.23. The fraction of sp³-hybridized carbons (Fsp3) is 0.429. The molecule has 0 aliphatic carbocycles. The number of hydrogen-bond acceptors (Lipinski definition) is 6. The molecule has 0 radical (unpaired) electrons. The minimum atomic E-state index is -0.706. The molecule has 7 nitrogen and oxygen atoms in total. The predicted octanol–water partition coefficient (Wildman–Crippen LogP) is 5.93. The number of benzene rings is 1. The SMILES string of the molecule is C=N/C=C(/F)C(=NCNc1ccc(C(C)C2CCNCC2)cn1)c1cc(F)c2nc(C)n(C(C)C)c2c1. The molecule has 37 heavy (non-hydrogen) atoms. The highest BCUT2D eigenvalue weighted by atomic mass is 19.1. The summed E-state index contributed by atoms with van der Waals surface area (Å²) in [6, 6.07) is 7.01. The van der Waals surface area contributed by atoms with Crippen molar-refractivity contribution in [3.8, 4) is 0 Å². The summed E-state index contributed by atoms with van der Waals surface area (Å²) in [6.45, 7) is 13.6. The highest BCUT2D eigenvalue weighted by Crippen LogP contribution is 2.30. The van der Waals surface area contributed by atoms with Gasteiger partial charge in [-0.2, -0.15) is 0 Å². The molecule has 1 unspecified atom stereocenters. The summed E-state index contributed by atoms with van der Waals surface area (Å²) in [5.74, 6) is 1.17. The third-order valence-corrected chi connectivity index (χ3v) is 7.05. The molecule has 196 valence electrons. The molecule has 0 bridgehead atoms. The van der Waals surface area contributed by atoms with Crippen LogP contribution in [-0.4, -0.2) is 46.7 Å². The lowest BCUT2D eigenvalue weighted by Gasteiger charge is -2.28. The van der Waals surface area contributed by atoms with Crippen molar-refractivity contribution in [1.82, 2.24) is 19.9 Å². The van der Waals surface area contributed by atoms with Crippen LogP contribution in [0.4, 0.5) is 14.6 Å². The minimum Gasteiger partial charge on any atom is -0.351 e. The van der Waals surface area contributed by atoms with Gasteiger partial charge in [0.25, 0.3) is 0 Å². The monoisotopic (exact) mass is 507 g/mol. The zero-order valence-electron chi connectivity index (χ0n) is 21.9. The van der Waals surface area contributed by atoms with Crippen molar-refractivity contribution >= 4 is 29.3 Å². The maximum absolute atomic E-state index is 15.0. The maximum Gasteiger partial charge on any atom is 0.167 e. The smallest absolute Gasteiger partial charge is 0.167 e. The molecule has 4 rings (SSSR count). The van der Waals surface area contributed by atoms with Gasteiger partial charge in [0, 0.05) is 17.8 Å². The molecule has 0 spiro atoms. The van der Waals surface area contributed by atoms with Gasteiger partial charge in [0.1, 0.15) is 29.5 Å². The number of imidazole rings is 1. The van der Waals surface area contributed by atoms with E-state index in [4.69, 9.17) is 0 Å². The van der Waals surface area contributed by atoms with E-state index in [1.165, 1.54) is 24.5 Å². The molecular formula is C28H35F2N7. The van der Waals surface area contributed by atoms with Crippen molar-refractivity contribution in [1.29, 1.82) is 0 Å². The van der Waals surface area contributed by atoms with Gasteiger partial charge in [-0.25, -0.2) is 18.7 Å². The summed E-state index contributed by atoms with van der Waals surface area (Å²) in [7, 11) is 0. The van der Waals surface area contributed by atoms with Crippen molar-refractivity contribution in [2.75, 3.05) is 25.1 Å². The fourth-order valence-electron chi connectivity index (χ4n) is 5.10. The van der Waals surface area contributed by atoms with Crippen LogP contribution in [0.3, 0.4) is 0 Å². The van der Waals surface area contributed by atoms with Crippen LogP contribution in [0.2, 0.25) is 0 Å². The number of piperidine rings is 1. The molecule has 1 atom stereocenters. The van der Waals surface area contributed by atoms with Crippen molar-refractivity contribution in [2.45, 2.75) is 52.5 Å². The molecule has 0 saturated carbocycles. The molecule has 9 heteroatoms. The highest BCUT2D eigenvalue weighted by Gasteiger charge is 2.22. The van der Waals surface area contributed by atoms with E-state index in [1.807, 2.05) is 37.6 Å². The summed E-state index contributed by atoms with van der Waals surface area (Å²) < 4.78 is 31.9. The average molecular weight is 508 g/mol. The van der Waals surface area contributed by atoms with Gasteiger partial charge < -0.3 is 15.2 Å². The van der Waals surface area contributed by atoms with E-state index in [0.29, 0.717) is 34.6 Å². The van der Waals surface area contributed by atoms with Crippen molar-refractivity contribution < 1.29 is 8.78 Å². The lowest BCUT2D eigenvalue weighted by molar-refractivity contribution is 0.330. The van der Waals surface area contributed by atoms with Crippen LogP contribution in [0, 0.1) is 18.7 Å². The number of aliphatic imine (C=N–C) groups is 2. The Bertz CT molecular complexity index is 1300. The lowest BCUT2D eigenvalue weighted by Crippen LogP contribution is -2.30. The van der Waals surface area contributed by atoms with Gasteiger partial charge in [0.2, 0.25) is 0 Å². The Morgan fingerprint density at radius 2 is 2.03 bits per heavy atom. The Morgan fingerprint density at radius 1 is 1.27 bits per heavy atom. The largest absolute Gasteiger partial charge is 0.351 e. The second-order valence-electron chi connectivity index (χ2n) is 9.80. The van der Waals surface area contributed by atoms with E-state index >= 15 is 4.39 Å². The summed E-state index contributed by atoms with van der Waals surface area (Å²) in [5, 5.41) is 6.52. The summed E-state index contributed by atoms with van der Waals surface area (Å²) in [6.07, 6.45) is 5.20. The van der Waals surface area contributed by atoms with Gasteiger partial charge in [0.15, 0.2) is 11.6 Å². The number of aryl methyl sites for hydroxylation is 1. The van der Waals surface area contributed by atoms with E-state index in [0.717, 1.165) is 19.3 Å². The number of pyridine rings is 1. The standard InChI is InChI=1S/C28H35F2N7/c1-17(2)37-19(4)36-28-23(29)12-22(13-25(28)37)27(24(30)15-31-5)35-16-34-26-7-6-21(14-33-26)18(3)20-8-10-32-11-9-20/h6-7,12-15,17-18,20,32H,5,8-11,16H2,1-4H3,(H,33,34)/b24-15+,35-27?. The summed E-state index contributed by atoms with van der Waals surface area (Å²) in [5.41, 5.74) is 2.31. The number of aromatic nitrogens is 3. The molecule has 1 aliphatic rings. The number of hydrogen-bond donors (Lipinski definition) is 2. The highest BCUT2D eigenvalue weighted by molar-refractivity contribution is 6.12. The summed E-state index contributed by atoms with van der Waals surface area (Å²) >= 11 is 0. The first-order chi connectivity index (χ1) is 17.8. The number of nitrogens with one attached hydrogen (secondary N) is 2. The fourth-order valence-corrected chi connectivity index (χ4v) is 5.10. The zero-order chi connectivity index (χ0) is 26.5. The molecule has 3 aromatic rings. The topological polar surface area (TPSA) is 79.5 Å². The van der Waals surface area contributed by atoms with Crippen LogP contribution in [0.15, 0.2) is 52.5 Å². The van der Waals surface area contributed by atoms with Crippen LogP contribution >= 0.6 is 0 Å². The number of halogens is 2. The quantitative estimate of drug-likeness (QED) is 0.352. The van der Waals surface area contributed by atoms with Gasteiger partial charge >= 0.3 is 0 Å². The van der Waals surface area contributed by atoms with Crippen LogP contribution < -0.4 is 10.6 Å². The van der Waals surface area contributed by atoms with Gasteiger partial charge in [-0.05, 0) is 89.0 Å². The molecule has 1 saturated heterocycles. The molecule has 2 aromatic heterocycles. The van der Waals surface area contributed by atoms with E-state index in [2.05, 4.69) is 50.3 Å². The normalized spacial score (nSPS) is 16.4. The second-order valence-corrected chi connectivity index (χ2v) is 9.80. The van der Waals surface area contributed by atoms with Gasteiger partial charge in [0.05, 0.1) is 11.7 Å². The first kappa shape index (κ1) is 26.6. The van der Waals surface area contributed by atoms with E-state index in [1.54, 1.807) is 6.07 Å². The first-order valence-electron chi connectivity index (χ1n) is 12.8. The Kier molecular flexibility index (Phi) is 8.43. The van der Waals surface area contributed by atoms with Crippen LogP contribution in [-0.2, 0) is 0 Å². The second kappa shape index (κ2) is 11.7. The van der Waals surface area contributed by atoms with E-state index in [-0.39, 0.29) is 23.9 Å². The number of rotatable bonds is 9. The number of nitrogens with zero attached hydrogens (tertiary/aromatic N) is 5. The third-order valence-electron chi connectivity index (χ3n) is 7.05. The Labute approximate surface area is 216 Å². The van der Waals surface area contributed by atoms with E-state index in [9.17, 15) is 4.39 Å². The maximum atomic E-state index is 15.0. The van der Waals surface area contributed by atoms with Crippen molar-refractivity contribution in [3.63, 3.8) is 0 Å². The summed E-state index contributed by atoms with van der Waals surface area (Å²) in [4.78, 5) is 16.8. The minimum absolute atomic E-state index is 0.0222. The Balaban J connectivity index is 1.56. The third kappa shape index (κ3) is 5.93. The lowest BCUT2D eigenvalue weighted by atomic mass is 9.82. The Morgan fingerprint density at radius 3 is 2.68 bits per heavy atom. The molecule has 1 fully saturated rings. The molecule has 3 heterocycles. The van der Waals surface area contributed by atoms with E-state index < -0.39 is 11.6 Å². The van der Waals surface area contributed by atoms with Gasteiger partial charge in [-0.3, -0.25) is 9.98 Å². The van der Waals surface area contributed by atoms with Crippen molar-refractivity contribution in [3.05, 3.63) is 65.3 Å². The van der Waals surface area contributed by atoms with Crippen molar-refractivity contribution in [2.24, 2.45) is 15.9 Å². The molecule has 1 aliphatic heterocycles. The number of fused-ring (bicyclic) bond motifs is 1. The first-order valence-corrected chi connectivity index (χ1v) is 12.8. The number of allylic oxidation sites excluding steroid dienone is 1. The molecule has 2 N–H and O–H groups in total. The zero-order valence-corrected chi connectivity index (χ0v) is 21.9. The molecular weight excluding hydrogens is 472 g/mol. The van der Waals surface area contributed by atoms with Gasteiger partial charge in [-0.1, -0.05) is 13.0 Å². The van der Waals surface area contributed by atoms with Crippen LogP contribution in [0.1, 0.15) is 62.5 Å². The molecule has 1 aromatic carbocycles. The predicted molar refractivity (Wildman–Crippen MR) is 147 cm³/mol. The number of anilines is 1. The molecule has 0 amide bonds. The van der Waals surface area contributed by atoms with Crippen LogP contribution in [0.25, 0.3) is 11.0 Å². The van der Waals surface area contributed by atoms with Crippen LogP contribution in [0.5, 0.6) is 0 Å². The Hall–Kier alpha value is -3.46.